The fourth-order valence-corrected chi connectivity index (χ4v) is 3.41. The van der Waals surface area contributed by atoms with Gasteiger partial charge in [0.2, 0.25) is 29.5 Å². The largest absolute Gasteiger partial charge is 0.480 e. The van der Waals surface area contributed by atoms with Crippen LogP contribution in [0.5, 0.6) is 0 Å². The van der Waals surface area contributed by atoms with Gasteiger partial charge in [-0.25, -0.2) is 0 Å². The second-order valence-electron chi connectivity index (χ2n) is 10.3. The number of aliphatic hydroxyl groups excluding tert-OH is 1. The number of unbranched alkanes of at least 4 members (excludes halogenated alkanes) is 1. The first-order valence-electron chi connectivity index (χ1n) is 13.4. The van der Waals surface area contributed by atoms with Gasteiger partial charge in [0.1, 0.15) is 36.3 Å². The van der Waals surface area contributed by atoms with Crippen LogP contribution in [0.2, 0.25) is 0 Å². The summed E-state index contributed by atoms with van der Waals surface area (Å²) in [4.78, 5) is 74.4. The van der Waals surface area contributed by atoms with Gasteiger partial charge in [0, 0.05) is 0 Å². The quantitative estimate of drug-likeness (QED) is 0.0775. The molecule has 0 unspecified atom stereocenters. The number of carboxylic acid groups (broad SMARTS) is 1. The number of nitrogens with two attached hydrogens (primary N) is 2. The second kappa shape index (κ2) is 18.1. The maximum atomic E-state index is 13.2. The Morgan fingerprint density at radius 2 is 1.10 bits per heavy atom. The number of aliphatic carboxylic acids is 1. The predicted molar refractivity (Wildman–Crippen MR) is 146 cm³/mol. The molecular formula is C25H47N7O8. The number of nitrogens with one attached hydrogen (secondary N) is 5. The summed E-state index contributed by atoms with van der Waals surface area (Å²) in [5, 5.41) is 30.8. The van der Waals surface area contributed by atoms with Crippen molar-refractivity contribution in [1.29, 1.82) is 0 Å². The van der Waals surface area contributed by atoms with Gasteiger partial charge in [-0.05, 0) is 65.8 Å². The highest BCUT2D eigenvalue weighted by atomic mass is 16.4. The molecule has 15 nitrogen and oxygen atoms in total. The Morgan fingerprint density at radius 3 is 1.57 bits per heavy atom. The van der Waals surface area contributed by atoms with E-state index in [1.165, 1.54) is 27.7 Å². The number of hydrogen-bond donors (Lipinski definition) is 9. The van der Waals surface area contributed by atoms with Gasteiger partial charge in [-0.15, -0.1) is 0 Å². The molecule has 0 aliphatic carbocycles. The highest BCUT2D eigenvalue weighted by Crippen LogP contribution is 2.08. The van der Waals surface area contributed by atoms with Gasteiger partial charge in [0.25, 0.3) is 0 Å². The fraction of sp³-hybridized carbons (Fsp3) is 0.760. The third-order valence-corrected chi connectivity index (χ3v) is 5.98. The molecule has 0 fully saturated rings. The van der Waals surface area contributed by atoms with Crippen molar-refractivity contribution in [3.63, 3.8) is 0 Å². The van der Waals surface area contributed by atoms with Gasteiger partial charge in [-0.2, -0.15) is 0 Å². The Balaban J connectivity index is 5.55. The van der Waals surface area contributed by atoms with Crippen molar-refractivity contribution in [3.8, 4) is 0 Å². The number of rotatable bonds is 18. The van der Waals surface area contributed by atoms with E-state index in [2.05, 4.69) is 26.6 Å². The summed E-state index contributed by atoms with van der Waals surface area (Å²) in [5.41, 5.74) is 11.1. The maximum Gasteiger partial charge on any atom is 0.325 e. The SMILES string of the molecule is CC(C)C[C@H](NC(=O)[C@H](C)NC(=O)[C@@H](N)[C@@H](C)O)C(=O)N[C@@H](CCCCN)C(=O)N[C@@H](C)C(=O)N[C@@H](C)C(=O)O. The van der Waals surface area contributed by atoms with E-state index in [9.17, 15) is 33.9 Å². The number of carboxylic acids is 1. The Hall–Kier alpha value is -3.30. The van der Waals surface area contributed by atoms with Crippen molar-refractivity contribution in [2.45, 2.75) is 110 Å². The molecule has 40 heavy (non-hydrogen) atoms. The molecule has 0 aromatic heterocycles. The molecule has 230 valence electrons. The van der Waals surface area contributed by atoms with Crippen LogP contribution in [0, 0.1) is 5.92 Å². The molecule has 0 saturated carbocycles. The van der Waals surface area contributed by atoms with Gasteiger partial charge in [0.15, 0.2) is 0 Å². The predicted octanol–water partition coefficient (Wildman–Crippen LogP) is -2.56. The van der Waals surface area contributed by atoms with Gasteiger partial charge < -0.3 is 48.3 Å². The van der Waals surface area contributed by atoms with E-state index in [1.54, 1.807) is 0 Å². The van der Waals surface area contributed by atoms with Gasteiger partial charge >= 0.3 is 5.97 Å². The summed E-state index contributed by atoms with van der Waals surface area (Å²) in [5.74, 6) is -4.72. The number of amides is 5. The molecule has 0 saturated heterocycles. The molecule has 0 rings (SSSR count). The zero-order valence-corrected chi connectivity index (χ0v) is 24.2. The molecule has 0 aliphatic heterocycles. The van der Waals surface area contributed by atoms with Crippen molar-refractivity contribution >= 4 is 35.5 Å². The van der Waals surface area contributed by atoms with Gasteiger partial charge in [0.05, 0.1) is 6.10 Å². The van der Waals surface area contributed by atoms with Crippen LogP contribution in [0.25, 0.3) is 0 Å². The minimum atomic E-state index is -1.24. The van der Waals surface area contributed by atoms with Crippen LogP contribution >= 0.6 is 0 Å². The summed E-state index contributed by atoms with van der Waals surface area (Å²) in [6.45, 7) is 9.42. The molecule has 5 amide bonds. The zero-order chi connectivity index (χ0) is 31.2. The molecule has 0 radical (unpaired) electrons. The molecule has 0 spiro atoms. The molecule has 0 aromatic carbocycles. The van der Waals surface area contributed by atoms with Gasteiger partial charge in [-0.1, -0.05) is 13.8 Å². The lowest BCUT2D eigenvalue weighted by Crippen LogP contribution is -2.59. The monoisotopic (exact) mass is 573 g/mol. The van der Waals surface area contributed by atoms with Crippen LogP contribution in [0.3, 0.4) is 0 Å². The average molecular weight is 574 g/mol. The number of carbonyl (C=O) groups excluding carboxylic acids is 5. The minimum Gasteiger partial charge on any atom is -0.480 e. The zero-order valence-electron chi connectivity index (χ0n) is 24.2. The summed E-state index contributed by atoms with van der Waals surface area (Å²) in [6.07, 6.45) is 0.338. The average Bonchev–Trinajstić information content (AvgIpc) is 2.86. The Bertz CT molecular complexity index is 883. The summed E-state index contributed by atoms with van der Waals surface area (Å²) in [6, 6.07) is -6.70. The van der Waals surface area contributed by atoms with E-state index in [1.807, 2.05) is 13.8 Å². The summed E-state index contributed by atoms with van der Waals surface area (Å²) < 4.78 is 0. The molecule has 0 aliphatic rings. The van der Waals surface area contributed by atoms with Crippen LogP contribution in [-0.4, -0.2) is 94.6 Å². The van der Waals surface area contributed by atoms with Crippen LogP contribution in [0.1, 0.15) is 67.2 Å². The van der Waals surface area contributed by atoms with E-state index in [4.69, 9.17) is 16.6 Å². The third-order valence-electron chi connectivity index (χ3n) is 5.98. The van der Waals surface area contributed by atoms with E-state index in [0.29, 0.717) is 19.4 Å². The lowest BCUT2D eigenvalue weighted by atomic mass is 10.0. The maximum absolute atomic E-state index is 13.2. The van der Waals surface area contributed by atoms with E-state index in [-0.39, 0.29) is 18.8 Å². The minimum absolute atomic E-state index is 0.0333. The Kier molecular flexibility index (Phi) is 16.6. The summed E-state index contributed by atoms with van der Waals surface area (Å²) in [7, 11) is 0. The van der Waals surface area contributed by atoms with Gasteiger partial charge in [-0.3, -0.25) is 28.8 Å². The second-order valence-corrected chi connectivity index (χ2v) is 10.3. The third kappa shape index (κ3) is 13.7. The van der Waals surface area contributed by atoms with Crippen molar-refractivity contribution in [3.05, 3.63) is 0 Å². The summed E-state index contributed by atoms with van der Waals surface area (Å²) >= 11 is 0. The normalized spacial score (nSPS) is 16.4. The first-order chi connectivity index (χ1) is 18.5. The highest BCUT2D eigenvalue weighted by molar-refractivity contribution is 5.96. The van der Waals surface area contributed by atoms with Crippen LogP contribution < -0.4 is 38.1 Å². The van der Waals surface area contributed by atoms with Crippen molar-refractivity contribution in [2.24, 2.45) is 17.4 Å². The van der Waals surface area contributed by atoms with Crippen molar-refractivity contribution < 1.29 is 39.0 Å². The van der Waals surface area contributed by atoms with E-state index < -0.39 is 77.9 Å². The topological polar surface area (TPSA) is 255 Å². The lowest BCUT2D eigenvalue weighted by Gasteiger charge is -2.26. The molecule has 7 atom stereocenters. The molecule has 15 heteroatoms. The van der Waals surface area contributed by atoms with Crippen LogP contribution in [0.15, 0.2) is 0 Å². The lowest BCUT2D eigenvalue weighted by molar-refractivity contribution is -0.141. The molecule has 0 heterocycles. The first kappa shape index (κ1) is 36.7. The van der Waals surface area contributed by atoms with E-state index in [0.717, 1.165) is 0 Å². The fourth-order valence-electron chi connectivity index (χ4n) is 3.41. The smallest absolute Gasteiger partial charge is 0.325 e. The van der Waals surface area contributed by atoms with Crippen molar-refractivity contribution in [2.75, 3.05) is 6.54 Å². The molecular weight excluding hydrogens is 526 g/mol. The highest BCUT2D eigenvalue weighted by Gasteiger charge is 2.31. The van der Waals surface area contributed by atoms with Crippen molar-refractivity contribution in [1.82, 2.24) is 26.6 Å². The number of hydrogen-bond acceptors (Lipinski definition) is 9. The molecule has 0 bridgehead atoms. The first-order valence-corrected chi connectivity index (χ1v) is 13.4. The van der Waals surface area contributed by atoms with Crippen LogP contribution in [0.4, 0.5) is 0 Å². The Morgan fingerprint density at radius 1 is 0.650 bits per heavy atom. The molecule has 0 aromatic rings. The van der Waals surface area contributed by atoms with Crippen LogP contribution in [-0.2, 0) is 28.8 Å². The Labute approximate surface area is 234 Å². The van der Waals surface area contributed by atoms with E-state index >= 15 is 0 Å². The number of aliphatic hydroxyl groups is 1. The number of carbonyl (C=O) groups is 6. The molecule has 11 N–H and O–H groups in total. The standard InChI is InChI=1S/C25H47N7O8/c1-12(2)11-18(32-21(35)14(4)29-24(38)19(27)16(6)33)23(37)31-17(9-7-8-10-26)22(36)28-13(3)20(34)30-15(5)25(39)40/h12-19,33H,7-11,26-27H2,1-6H3,(H,28,36)(H,29,38)(H,30,34)(H,31,37)(H,32,35)(H,39,40)/t13-,14-,15-,16+,17-,18-,19-/m0/s1.